The van der Waals surface area contributed by atoms with Crippen molar-refractivity contribution in [1.29, 1.82) is 0 Å². The third-order valence-corrected chi connectivity index (χ3v) is 7.10. The van der Waals surface area contributed by atoms with Crippen LogP contribution in [-0.2, 0) is 19.8 Å². The minimum Gasteiger partial charge on any atom is -0.345 e. The lowest BCUT2D eigenvalue weighted by Gasteiger charge is -2.45. The van der Waals surface area contributed by atoms with E-state index in [1.54, 1.807) is 29.3 Å². The molecule has 3 unspecified atom stereocenters. The summed E-state index contributed by atoms with van der Waals surface area (Å²) in [6, 6.07) is 7.38. The van der Waals surface area contributed by atoms with Gasteiger partial charge in [-0.3, -0.25) is 14.4 Å². The van der Waals surface area contributed by atoms with Crippen LogP contribution in [0.25, 0.3) is 6.08 Å². The molecule has 8 heteroatoms. The summed E-state index contributed by atoms with van der Waals surface area (Å²) in [5.41, 5.74) is 1.82. The summed E-state index contributed by atoms with van der Waals surface area (Å²) in [7, 11) is 1.59. The number of anilines is 1. The van der Waals surface area contributed by atoms with Gasteiger partial charge in [-0.2, -0.15) is 0 Å². The highest BCUT2D eigenvalue weighted by Crippen LogP contribution is 2.62. The minimum absolute atomic E-state index is 0.201. The maximum Gasteiger partial charge on any atom is 0.272 e. The van der Waals surface area contributed by atoms with Crippen LogP contribution in [0.1, 0.15) is 31.5 Å². The third kappa shape index (κ3) is 2.42. The van der Waals surface area contributed by atoms with Crippen LogP contribution >= 0.6 is 0 Å². The number of hydrogen-bond acceptors (Lipinski definition) is 5. The predicted molar refractivity (Wildman–Crippen MR) is 115 cm³/mol. The molecule has 3 aliphatic heterocycles. The van der Waals surface area contributed by atoms with Crippen molar-refractivity contribution in [2.45, 2.75) is 37.9 Å². The number of fused-ring (bicyclic) bond motifs is 5. The Hall–Kier alpha value is -3.39. The highest BCUT2D eigenvalue weighted by Gasteiger charge is 2.69. The van der Waals surface area contributed by atoms with Crippen LogP contribution in [0.3, 0.4) is 0 Å². The second-order valence-corrected chi connectivity index (χ2v) is 8.78. The number of carbonyl (C=O) groups is 2. The van der Waals surface area contributed by atoms with Gasteiger partial charge in [-0.25, -0.2) is 10.0 Å². The Balaban J connectivity index is 1.71. The molecule has 3 aliphatic rings. The van der Waals surface area contributed by atoms with E-state index in [-0.39, 0.29) is 17.5 Å². The standard InChI is InChI=1S/C23H25N5O3/c1-5-22(2,3)23-11-18-19(29)26-16(10-14-12-24-13-25-14)20(30)27(18)21(23)28(31-4)17-9-7-6-8-15(17)23/h5-10,12-13,18,21H,1,11H2,2-4H3,(H,24,25)(H,26,29). The second kappa shape index (κ2) is 6.55. The Morgan fingerprint density at radius 3 is 2.77 bits per heavy atom. The van der Waals surface area contributed by atoms with Crippen LogP contribution in [0.15, 0.2) is 55.1 Å². The van der Waals surface area contributed by atoms with Crippen molar-refractivity contribution >= 4 is 23.6 Å². The van der Waals surface area contributed by atoms with Gasteiger partial charge in [-0.05, 0) is 29.5 Å². The average molecular weight is 419 g/mol. The SMILES string of the molecule is C=CC(C)(C)C12CC3C(=O)NC(=Cc4cnc[nH]4)C(=O)N3C1N(OC)c1ccccc12. The molecular formula is C23H25N5O3. The lowest BCUT2D eigenvalue weighted by molar-refractivity contribution is -0.143. The van der Waals surface area contributed by atoms with E-state index in [1.165, 1.54) is 6.33 Å². The molecule has 160 valence electrons. The van der Waals surface area contributed by atoms with E-state index in [0.29, 0.717) is 12.1 Å². The summed E-state index contributed by atoms with van der Waals surface area (Å²) in [5, 5.41) is 4.58. The maximum absolute atomic E-state index is 13.7. The molecule has 5 rings (SSSR count). The van der Waals surface area contributed by atoms with Gasteiger partial charge in [0.25, 0.3) is 5.91 Å². The number of para-hydroxylation sites is 1. The first-order chi connectivity index (χ1) is 14.9. The van der Waals surface area contributed by atoms with E-state index in [1.807, 2.05) is 24.3 Å². The largest absolute Gasteiger partial charge is 0.345 e. The normalized spacial score (nSPS) is 28.4. The minimum atomic E-state index is -0.610. The fourth-order valence-corrected chi connectivity index (χ4v) is 5.46. The third-order valence-electron chi connectivity index (χ3n) is 7.10. The number of carbonyl (C=O) groups excluding carboxylic acids is 2. The second-order valence-electron chi connectivity index (χ2n) is 8.78. The molecule has 2 saturated heterocycles. The molecule has 0 spiro atoms. The van der Waals surface area contributed by atoms with E-state index >= 15 is 0 Å². The molecule has 1 aromatic heterocycles. The smallest absolute Gasteiger partial charge is 0.272 e. The fraction of sp³-hybridized carbons (Fsp3) is 0.348. The van der Waals surface area contributed by atoms with Crippen LogP contribution < -0.4 is 10.4 Å². The van der Waals surface area contributed by atoms with Gasteiger partial charge in [-0.15, -0.1) is 6.58 Å². The zero-order valence-electron chi connectivity index (χ0n) is 17.8. The molecule has 4 heterocycles. The van der Waals surface area contributed by atoms with Crippen molar-refractivity contribution in [2.24, 2.45) is 5.41 Å². The van der Waals surface area contributed by atoms with Gasteiger partial charge in [0.2, 0.25) is 5.91 Å². The van der Waals surface area contributed by atoms with Crippen LogP contribution in [0.5, 0.6) is 0 Å². The quantitative estimate of drug-likeness (QED) is 0.586. The van der Waals surface area contributed by atoms with Crippen molar-refractivity contribution in [3.05, 3.63) is 66.4 Å². The number of hydroxylamine groups is 1. The van der Waals surface area contributed by atoms with Crippen molar-refractivity contribution in [2.75, 3.05) is 12.2 Å². The summed E-state index contributed by atoms with van der Waals surface area (Å²) in [5.74, 6) is -0.451. The molecule has 0 bridgehead atoms. The molecule has 2 amide bonds. The number of aromatic amines is 1. The number of aromatic nitrogens is 2. The highest BCUT2D eigenvalue weighted by molar-refractivity contribution is 6.08. The first-order valence-electron chi connectivity index (χ1n) is 10.3. The van der Waals surface area contributed by atoms with E-state index in [4.69, 9.17) is 4.84 Å². The Labute approximate surface area is 180 Å². The Morgan fingerprint density at radius 1 is 1.32 bits per heavy atom. The maximum atomic E-state index is 13.7. The molecule has 31 heavy (non-hydrogen) atoms. The molecule has 0 radical (unpaired) electrons. The van der Waals surface area contributed by atoms with Crippen LogP contribution in [-0.4, -0.2) is 46.0 Å². The van der Waals surface area contributed by atoms with Crippen LogP contribution in [0.2, 0.25) is 0 Å². The van der Waals surface area contributed by atoms with Crippen molar-refractivity contribution in [1.82, 2.24) is 20.2 Å². The van der Waals surface area contributed by atoms with Gasteiger partial charge in [-0.1, -0.05) is 38.1 Å². The molecular weight excluding hydrogens is 394 g/mol. The Morgan fingerprint density at radius 2 is 2.10 bits per heavy atom. The van der Waals surface area contributed by atoms with E-state index in [9.17, 15) is 9.59 Å². The highest BCUT2D eigenvalue weighted by atomic mass is 16.7. The van der Waals surface area contributed by atoms with Gasteiger partial charge >= 0.3 is 0 Å². The molecule has 3 atom stereocenters. The van der Waals surface area contributed by atoms with Crippen molar-refractivity contribution < 1.29 is 14.4 Å². The number of nitrogens with zero attached hydrogens (tertiary/aromatic N) is 3. The summed E-state index contributed by atoms with van der Waals surface area (Å²) in [4.78, 5) is 41.3. The molecule has 2 N–H and O–H groups in total. The lowest BCUT2D eigenvalue weighted by Crippen LogP contribution is -2.61. The summed E-state index contributed by atoms with van der Waals surface area (Å²) in [6.07, 6.45) is 6.64. The molecule has 8 nitrogen and oxygen atoms in total. The summed E-state index contributed by atoms with van der Waals surface area (Å²) < 4.78 is 0. The fourth-order valence-electron chi connectivity index (χ4n) is 5.46. The van der Waals surface area contributed by atoms with Crippen LogP contribution in [0, 0.1) is 5.41 Å². The molecule has 0 saturated carbocycles. The van der Waals surface area contributed by atoms with Gasteiger partial charge < -0.3 is 15.2 Å². The monoisotopic (exact) mass is 419 g/mol. The van der Waals surface area contributed by atoms with E-state index in [0.717, 1.165) is 11.3 Å². The van der Waals surface area contributed by atoms with E-state index in [2.05, 4.69) is 41.8 Å². The number of imidazole rings is 1. The van der Waals surface area contributed by atoms with Crippen molar-refractivity contribution in [3.63, 3.8) is 0 Å². The number of amides is 2. The predicted octanol–water partition coefficient (Wildman–Crippen LogP) is 2.34. The molecule has 2 aromatic rings. The molecule has 0 aliphatic carbocycles. The zero-order valence-corrected chi connectivity index (χ0v) is 17.8. The number of benzene rings is 1. The van der Waals surface area contributed by atoms with E-state index < -0.39 is 23.0 Å². The number of piperazine rings is 1. The number of H-pyrrole nitrogens is 1. The molecule has 2 fully saturated rings. The Kier molecular flexibility index (Phi) is 4.14. The van der Waals surface area contributed by atoms with Crippen molar-refractivity contribution in [3.8, 4) is 0 Å². The van der Waals surface area contributed by atoms with Crippen LogP contribution in [0.4, 0.5) is 5.69 Å². The molecule has 1 aromatic carbocycles. The first-order valence-corrected chi connectivity index (χ1v) is 10.3. The Bertz CT molecular complexity index is 1110. The number of nitrogens with one attached hydrogen (secondary N) is 2. The summed E-state index contributed by atoms with van der Waals surface area (Å²) >= 11 is 0. The van der Waals surface area contributed by atoms with Gasteiger partial charge in [0.15, 0.2) is 0 Å². The first kappa shape index (κ1) is 19.6. The summed E-state index contributed by atoms with van der Waals surface area (Å²) in [6.45, 7) is 8.30. The van der Waals surface area contributed by atoms with Gasteiger partial charge in [0, 0.05) is 5.41 Å². The average Bonchev–Trinajstić information content (AvgIpc) is 3.45. The topological polar surface area (TPSA) is 90.6 Å². The zero-order chi connectivity index (χ0) is 22.0. The van der Waals surface area contributed by atoms with Gasteiger partial charge in [0.05, 0.1) is 31.0 Å². The number of hydrogen-bond donors (Lipinski definition) is 2. The lowest BCUT2D eigenvalue weighted by atomic mass is 9.60. The number of rotatable bonds is 4. The number of allylic oxidation sites excluding steroid dienone is 1. The van der Waals surface area contributed by atoms with Gasteiger partial charge in [0.1, 0.15) is 17.9 Å².